The van der Waals surface area contributed by atoms with Crippen molar-refractivity contribution in [3.8, 4) is 12.1 Å². The fraction of sp³-hybridized carbons (Fsp3) is 0.296. The third-order valence-corrected chi connectivity index (χ3v) is 6.82. The van der Waals surface area contributed by atoms with Crippen molar-refractivity contribution in [2.24, 2.45) is 5.92 Å². The van der Waals surface area contributed by atoms with Crippen LogP contribution in [0.1, 0.15) is 55.3 Å². The number of rotatable bonds is 5. The summed E-state index contributed by atoms with van der Waals surface area (Å²) in [5.41, 5.74) is 3.43. The smallest absolute Gasteiger partial charge is 0.250 e. The molecule has 1 N–H and O–H groups in total. The number of halogens is 1. The average Bonchev–Trinajstić information content (AvgIpc) is 3.58. The monoisotopic (exact) mass is 481 g/mol. The van der Waals surface area contributed by atoms with E-state index in [-0.39, 0.29) is 17.8 Å². The van der Waals surface area contributed by atoms with Gasteiger partial charge in [-0.2, -0.15) is 15.5 Å². The van der Waals surface area contributed by atoms with Gasteiger partial charge in [0.15, 0.2) is 0 Å². The fourth-order valence-corrected chi connectivity index (χ4v) is 4.96. The lowest BCUT2D eigenvalue weighted by Gasteiger charge is -2.34. The Morgan fingerprint density at radius 3 is 2.56 bits per heavy atom. The molecule has 1 aliphatic heterocycles. The Labute approximate surface area is 208 Å². The van der Waals surface area contributed by atoms with Crippen LogP contribution in [-0.2, 0) is 11.5 Å². The summed E-state index contributed by atoms with van der Waals surface area (Å²) in [5, 5.41) is 26.9. The standard InChI is InChI=1S/C27H24FN7O/c1-17-23(16-30)24(20-11-9-18(15-29)10-12-20)35-27(34(17)22-8-4-5-19(13-22)14-28)32-26(33-35)31-25(36)21-6-2-3-7-21/h4-5,8-13,21,24H,2-3,6-7,14H2,1H3,(H,31,33,36)/t24-/m1/s1. The molecule has 0 unspecified atom stereocenters. The van der Waals surface area contributed by atoms with Crippen LogP contribution in [0, 0.1) is 28.6 Å². The van der Waals surface area contributed by atoms with Crippen molar-refractivity contribution >= 4 is 23.5 Å². The van der Waals surface area contributed by atoms with Gasteiger partial charge in [-0.3, -0.25) is 15.0 Å². The van der Waals surface area contributed by atoms with Gasteiger partial charge in [0.25, 0.3) is 5.95 Å². The van der Waals surface area contributed by atoms with Crippen LogP contribution >= 0.6 is 0 Å². The van der Waals surface area contributed by atoms with Gasteiger partial charge in [-0.25, -0.2) is 9.07 Å². The minimum atomic E-state index is -0.626. The Morgan fingerprint density at radius 1 is 1.14 bits per heavy atom. The molecule has 8 nitrogen and oxygen atoms in total. The lowest BCUT2D eigenvalue weighted by Crippen LogP contribution is -2.31. The Kier molecular flexibility index (Phi) is 6.22. The molecular formula is C27H24FN7O. The summed E-state index contributed by atoms with van der Waals surface area (Å²) in [7, 11) is 0. The van der Waals surface area contributed by atoms with Crippen LogP contribution in [-0.4, -0.2) is 20.7 Å². The molecule has 0 bridgehead atoms. The predicted octanol–water partition coefficient (Wildman–Crippen LogP) is 5.29. The number of hydrogen-bond donors (Lipinski definition) is 1. The van der Waals surface area contributed by atoms with Crippen molar-refractivity contribution in [2.45, 2.75) is 45.3 Å². The first-order valence-electron chi connectivity index (χ1n) is 11.9. The van der Waals surface area contributed by atoms with Crippen molar-refractivity contribution in [3.05, 3.63) is 76.5 Å². The molecule has 0 radical (unpaired) electrons. The van der Waals surface area contributed by atoms with Gasteiger partial charge in [-0.15, -0.1) is 5.10 Å². The van der Waals surface area contributed by atoms with Gasteiger partial charge in [0.1, 0.15) is 12.7 Å². The quantitative estimate of drug-likeness (QED) is 0.530. The second-order valence-corrected chi connectivity index (χ2v) is 9.04. The number of nitrogens with one attached hydrogen (secondary N) is 1. The molecule has 2 heterocycles. The number of anilines is 3. The number of hydrogen-bond acceptors (Lipinski definition) is 6. The number of carbonyl (C=O) groups excluding carboxylic acids is 1. The van der Waals surface area contributed by atoms with E-state index in [0.717, 1.165) is 31.2 Å². The molecule has 1 saturated carbocycles. The van der Waals surface area contributed by atoms with Crippen molar-refractivity contribution in [1.82, 2.24) is 14.8 Å². The van der Waals surface area contributed by atoms with E-state index in [9.17, 15) is 19.7 Å². The molecule has 180 valence electrons. The molecule has 9 heteroatoms. The molecule has 0 spiro atoms. The van der Waals surface area contributed by atoms with Gasteiger partial charge >= 0.3 is 0 Å². The molecule has 1 amide bonds. The number of nitrogens with zero attached hydrogens (tertiary/aromatic N) is 6. The summed E-state index contributed by atoms with van der Waals surface area (Å²) >= 11 is 0. The van der Waals surface area contributed by atoms with Gasteiger partial charge in [-0.05, 0) is 55.2 Å². The second kappa shape index (κ2) is 9.63. The van der Waals surface area contributed by atoms with E-state index >= 15 is 0 Å². The normalized spacial score (nSPS) is 17.4. The van der Waals surface area contributed by atoms with Crippen molar-refractivity contribution in [2.75, 3.05) is 10.2 Å². The van der Waals surface area contributed by atoms with Crippen LogP contribution in [0.3, 0.4) is 0 Å². The van der Waals surface area contributed by atoms with E-state index in [4.69, 9.17) is 0 Å². The van der Waals surface area contributed by atoms with Crippen LogP contribution in [0.2, 0.25) is 0 Å². The number of allylic oxidation sites excluding steroid dienone is 2. The minimum absolute atomic E-state index is 0.0632. The Balaban J connectivity index is 1.64. The molecule has 1 fully saturated rings. The highest BCUT2D eigenvalue weighted by Gasteiger charge is 2.36. The molecule has 2 aliphatic rings. The summed E-state index contributed by atoms with van der Waals surface area (Å²) in [5.74, 6) is 0.381. The van der Waals surface area contributed by atoms with E-state index in [1.165, 1.54) is 0 Å². The summed E-state index contributed by atoms with van der Waals surface area (Å²) in [6, 6.07) is 17.7. The third-order valence-electron chi connectivity index (χ3n) is 6.82. The van der Waals surface area contributed by atoms with E-state index < -0.39 is 12.7 Å². The number of nitriles is 2. The van der Waals surface area contributed by atoms with Crippen LogP contribution in [0.5, 0.6) is 0 Å². The highest BCUT2D eigenvalue weighted by molar-refractivity contribution is 5.91. The zero-order valence-corrected chi connectivity index (χ0v) is 19.8. The molecule has 1 aliphatic carbocycles. The first-order valence-corrected chi connectivity index (χ1v) is 11.9. The number of carbonyl (C=O) groups is 1. The van der Waals surface area contributed by atoms with Crippen LogP contribution in [0.4, 0.5) is 22.0 Å². The summed E-state index contributed by atoms with van der Waals surface area (Å²) in [4.78, 5) is 19.2. The molecule has 3 aromatic rings. The van der Waals surface area contributed by atoms with Crippen LogP contribution in [0.25, 0.3) is 0 Å². The predicted molar refractivity (Wildman–Crippen MR) is 132 cm³/mol. The zero-order valence-electron chi connectivity index (χ0n) is 19.8. The van der Waals surface area contributed by atoms with E-state index in [2.05, 4.69) is 27.5 Å². The minimum Gasteiger partial charge on any atom is -0.293 e. The lowest BCUT2D eigenvalue weighted by molar-refractivity contribution is -0.119. The number of aromatic nitrogens is 3. The Hall–Kier alpha value is -4.50. The second-order valence-electron chi connectivity index (χ2n) is 9.04. The Bertz CT molecular complexity index is 1420. The fourth-order valence-electron chi connectivity index (χ4n) is 4.96. The summed E-state index contributed by atoms with van der Waals surface area (Å²) in [6.45, 7) is 1.19. The molecule has 36 heavy (non-hydrogen) atoms. The van der Waals surface area contributed by atoms with E-state index in [1.807, 2.05) is 13.0 Å². The van der Waals surface area contributed by atoms with Crippen molar-refractivity contribution in [3.63, 3.8) is 0 Å². The highest BCUT2D eigenvalue weighted by Crippen LogP contribution is 2.42. The molecule has 5 rings (SSSR count). The van der Waals surface area contributed by atoms with Crippen molar-refractivity contribution in [1.29, 1.82) is 10.5 Å². The van der Waals surface area contributed by atoms with Gasteiger partial charge in [0, 0.05) is 17.3 Å². The van der Waals surface area contributed by atoms with Gasteiger partial charge in [0.2, 0.25) is 11.9 Å². The van der Waals surface area contributed by atoms with Gasteiger partial charge in [-0.1, -0.05) is 37.1 Å². The maximum absolute atomic E-state index is 13.5. The Morgan fingerprint density at radius 2 is 1.89 bits per heavy atom. The van der Waals surface area contributed by atoms with Crippen molar-refractivity contribution < 1.29 is 9.18 Å². The highest BCUT2D eigenvalue weighted by atomic mass is 19.1. The summed E-state index contributed by atoms with van der Waals surface area (Å²) in [6.07, 6.45) is 3.74. The third kappa shape index (κ3) is 4.09. The van der Waals surface area contributed by atoms with E-state index in [0.29, 0.717) is 34.0 Å². The largest absolute Gasteiger partial charge is 0.293 e. The number of amides is 1. The molecule has 1 aromatic heterocycles. The zero-order chi connectivity index (χ0) is 25.2. The SMILES string of the molecule is CC1=C(C#N)[C@@H](c2ccc(C#N)cc2)n2nc(NC(=O)C3CCCC3)nc2N1c1cccc(CF)c1. The van der Waals surface area contributed by atoms with Gasteiger partial charge in [0.05, 0.1) is 23.3 Å². The maximum atomic E-state index is 13.5. The van der Waals surface area contributed by atoms with E-state index in [1.54, 1.807) is 52.0 Å². The maximum Gasteiger partial charge on any atom is 0.250 e. The summed E-state index contributed by atoms with van der Waals surface area (Å²) < 4.78 is 15.1. The van der Waals surface area contributed by atoms with Gasteiger partial charge < -0.3 is 0 Å². The van der Waals surface area contributed by atoms with Crippen LogP contribution in [0.15, 0.2) is 59.8 Å². The topological polar surface area (TPSA) is 111 Å². The first kappa shape index (κ1) is 23.3. The molecule has 1 atom stereocenters. The molecular weight excluding hydrogens is 457 g/mol. The number of fused-ring (bicyclic) bond motifs is 1. The van der Waals surface area contributed by atoms with Crippen LogP contribution < -0.4 is 10.2 Å². The number of benzene rings is 2. The lowest BCUT2D eigenvalue weighted by atomic mass is 9.95. The average molecular weight is 482 g/mol. The first-order chi connectivity index (χ1) is 17.5. The number of alkyl halides is 1. The molecule has 2 aromatic carbocycles. The molecule has 0 saturated heterocycles.